The number of ketones is 1. The van der Waals surface area contributed by atoms with Crippen LogP contribution in [0.1, 0.15) is 21.7 Å². The second-order valence-corrected chi connectivity index (χ2v) is 2.56. The van der Waals surface area contributed by atoms with Gasteiger partial charge in [-0.15, -0.1) is 0 Å². The smallest absolute Gasteiger partial charge is 0.187 e. The molecule has 1 rings (SSSR count). The van der Waals surface area contributed by atoms with E-state index in [1.165, 1.54) is 6.08 Å². The van der Waals surface area contributed by atoms with Crippen LogP contribution in [-0.2, 0) is 0 Å². The summed E-state index contributed by atoms with van der Waals surface area (Å²) in [4.78, 5) is 14.2. The summed E-state index contributed by atoms with van der Waals surface area (Å²) < 4.78 is 0. The van der Waals surface area contributed by atoms with Crippen molar-refractivity contribution in [2.45, 2.75) is 13.8 Å². The summed E-state index contributed by atoms with van der Waals surface area (Å²) in [6.45, 7) is 7.23. The van der Waals surface area contributed by atoms with E-state index in [0.717, 1.165) is 17.0 Å². The summed E-state index contributed by atoms with van der Waals surface area (Å²) in [5, 5.41) is 0. The lowest BCUT2D eigenvalue weighted by atomic mass is 10.1. The molecule has 11 heavy (non-hydrogen) atoms. The molecule has 1 aromatic rings. The molecule has 0 aliphatic heterocycles. The van der Waals surface area contributed by atoms with Crippen LogP contribution in [0.5, 0.6) is 0 Å². The first-order chi connectivity index (χ1) is 5.15. The fraction of sp³-hybridized carbons (Fsp3) is 0.222. The van der Waals surface area contributed by atoms with Gasteiger partial charge in [-0.1, -0.05) is 6.58 Å². The van der Waals surface area contributed by atoms with Crippen molar-refractivity contribution < 1.29 is 4.79 Å². The van der Waals surface area contributed by atoms with Gasteiger partial charge in [0, 0.05) is 17.0 Å². The van der Waals surface area contributed by atoms with Crippen molar-refractivity contribution in [1.29, 1.82) is 0 Å². The number of aryl methyl sites for hydroxylation is 2. The van der Waals surface area contributed by atoms with Gasteiger partial charge in [0.15, 0.2) is 5.78 Å². The second kappa shape index (κ2) is 2.74. The summed E-state index contributed by atoms with van der Waals surface area (Å²) in [7, 11) is 0. The van der Waals surface area contributed by atoms with Gasteiger partial charge in [-0.3, -0.25) is 4.79 Å². The zero-order chi connectivity index (χ0) is 8.43. The third kappa shape index (κ3) is 1.40. The molecule has 0 saturated heterocycles. The predicted octanol–water partition coefficient (Wildman–Crippen LogP) is 2.00. The Labute approximate surface area is 65.9 Å². The van der Waals surface area contributed by atoms with E-state index in [-0.39, 0.29) is 5.78 Å². The van der Waals surface area contributed by atoms with Gasteiger partial charge in [0.1, 0.15) is 0 Å². The zero-order valence-electron chi connectivity index (χ0n) is 6.77. The minimum atomic E-state index is -0.0214. The van der Waals surface area contributed by atoms with E-state index in [4.69, 9.17) is 0 Å². The third-order valence-electron chi connectivity index (χ3n) is 1.60. The number of allylic oxidation sites excluding steroid dienone is 1. The highest BCUT2D eigenvalue weighted by atomic mass is 16.1. The summed E-state index contributed by atoms with van der Waals surface area (Å²) in [5.74, 6) is -0.0214. The maximum Gasteiger partial charge on any atom is 0.187 e. The van der Waals surface area contributed by atoms with E-state index in [1.807, 2.05) is 19.9 Å². The first-order valence-electron chi connectivity index (χ1n) is 3.48. The van der Waals surface area contributed by atoms with Crippen LogP contribution in [0, 0.1) is 13.8 Å². The van der Waals surface area contributed by atoms with E-state index in [0.29, 0.717) is 0 Å². The van der Waals surface area contributed by atoms with E-state index >= 15 is 0 Å². The second-order valence-electron chi connectivity index (χ2n) is 2.56. The summed E-state index contributed by atoms with van der Waals surface area (Å²) in [6.07, 6.45) is 1.33. The Balaban J connectivity index is 3.12. The third-order valence-corrected chi connectivity index (χ3v) is 1.60. The number of rotatable bonds is 2. The van der Waals surface area contributed by atoms with Crippen molar-refractivity contribution in [3.8, 4) is 0 Å². The molecule has 1 N–H and O–H groups in total. The molecular formula is C9H11NO. The van der Waals surface area contributed by atoms with Gasteiger partial charge in [0.05, 0.1) is 0 Å². The summed E-state index contributed by atoms with van der Waals surface area (Å²) in [5.41, 5.74) is 2.64. The molecule has 0 aliphatic rings. The van der Waals surface area contributed by atoms with Gasteiger partial charge in [-0.25, -0.2) is 0 Å². The van der Waals surface area contributed by atoms with Crippen LogP contribution < -0.4 is 0 Å². The Morgan fingerprint density at radius 1 is 1.64 bits per heavy atom. The molecule has 0 saturated carbocycles. The van der Waals surface area contributed by atoms with E-state index in [9.17, 15) is 4.79 Å². The Morgan fingerprint density at radius 2 is 2.27 bits per heavy atom. The number of aromatic nitrogens is 1. The Bertz CT molecular complexity index is 297. The standard InChI is InChI=1S/C9H11NO/c1-4-9(11)8-5-6(2)10-7(8)3/h4-5,10H,1H2,2-3H3. The van der Waals surface area contributed by atoms with E-state index in [1.54, 1.807) is 0 Å². The molecule has 0 atom stereocenters. The molecule has 2 nitrogen and oxygen atoms in total. The van der Waals surface area contributed by atoms with Crippen LogP contribution in [0.2, 0.25) is 0 Å². The largest absolute Gasteiger partial charge is 0.362 e. The first kappa shape index (κ1) is 7.79. The summed E-state index contributed by atoms with van der Waals surface area (Å²) in [6, 6.07) is 1.83. The number of carbonyl (C=O) groups excluding carboxylic acids is 1. The van der Waals surface area contributed by atoms with Crippen LogP contribution in [0.25, 0.3) is 0 Å². The average molecular weight is 149 g/mol. The highest BCUT2D eigenvalue weighted by Crippen LogP contribution is 2.09. The van der Waals surface area contributed by atoms with Crippen molar-refractivity contribution in [3.05, 3.63) is 35.7 Å². The number of nitrogens with one attached hydrogen (secondary N) is 1. The zero-order valence-corrected chi connectivity index (χ0v) is 6.77. The van der Waals surface area contributed by atoms with E-state index in [2.05, 4.69) is 11.6 Å². The van der Waals surface area contributed by atoms with Crippen molar-refractivity contribution in [1.82, 2.24) is 4.98 Å². The number of hydrogen-bond acceptors (Lipinski definition) is 1. The molecule has 0 bridgehead atoms. The average Bonchev–Trinajstić information content (AvgIpc) is 2.28. The molecule has 0 aromatic carbocycles. The minimum Gasteiger partial charge on any atom is -0.362 e. The van der Waals surface area contributed by atoms with Crippen LogP contribution in [0.15, 0.2) is 18.7 Å². The van der Waals surface area contributed by atoms with Crippen LogP contribution in [-0.4, -0.2) is 10.8 Å². The van der Waals surface area contributed by atoms with Gasteiger partial charge >= 0.3 is 0 Å². The molecule has 2 heteroatoms. The lowest BCUT2D eigenvalue weighted by Crippen LogP contribution is -1.93. The Morgan fingerprint density at radius 3 is 2.64 bits per heavy atom. The number of hydrogen-bond donors (Lipinski definition) is 1. The molecule has 0 aliphatic carbocycles. The van der Waals surface area contributed by atoms with E-state index < -0.39 is 0 Å². The topological polar surface area (TPSA) is 32.9 Å². The quantitative estimate of drug-likeness (QED) is 0.506. The van der Waals surface area contributed by atoms with Crippen LogP contribution in [0.3, 0.4) is 0 Å². The van der Waals surface area contributed by atoms with Gasteiger partial charge in [0.2, 0.25) is 0 Å². The molecule has 1 aromatic heterocycles. The van der Waals surface area contributed by atoms with Crippen LogP contribution in [0.4, 0.5) is 0 Å². The summed E-state index contributed by atoms with van der Waals surface area (Å²) >= 11 is 0. The SMILES string of the molecule is C=CC(=O)c1cc(C)[nH]c1C. The molecule has 58 valence electrons. The Kier molecular flexibility index (Phi) is 1.94. The minimum absolute atomic E-state index is 0.0214. The molecule has 1 heterocycles. The number of H-pyrrole nitrogens is 1. The normalized spacial score (nSPS) is 9.64. The maximum atomic E-state index is 11.1. The van der Waals surface area contributed by atoms with Crippen molar-refractivity contribution in [2.24, 2.45) is 0 Å². The molecular weight excluding hydrogens is 138 g/mol. The highest BCUT2D eigenvalue weighted by Gasteiger charge is 2.06. The Hall–Kier alpha value is -1.31. The fourth-order valence-corrected chi connectivity index (χ4v) is 1.09. The van der Waals surface area contributed by atoms with Gasteiger partial charge < -0.3 is 4.98 Å². The van der Waals surface area contributed by atoms with Gasteiger partial charge in [-0.2, -0.15) is 0 Å². The number of aromatic amines is 1. The monoisotopic (exact) mass is 149 g/mol. The van der Waals surface area contributed by atoms with Gasteiger partial charge in [0.25, 0.3) is 0 Å². The molecule has 0 spiro atoms. The molecule has 0 unspecified atom stereocenters. The molecule has 0 amide bonds. The lowest BCUT2D eigenvalue weighted by molar-refractivity contribution is 0.104. The van der Waals surface area contributed by atoms with Gasteiger partial charge in [-0.05, 0) is 26.0 Å². The number of carbonyl (C=O) groups is 1. The van der Waals surface area contributed by atoms with Crippen molar-refractivity contribution in [3.63, 3.8) is 0 Å². The molecule has 0 radical (unpaired) electrons. The maximum absolute atomic E-state index is 11.1. The lowest BCUT2D eigenvalue weighted by Gasteiger charge is -1.89. The van der Waals surface area contributed by atoms with Crippen LogP contribution >= 0.6 is 0 Å². The fourth-order valence-electron chi connectivity index (χ4n) is 1.09. The first-order valence-corrected chi connectivity index (χ1v) is 3.48. The van der Waals surface area contributed by atoms with Crippen molar-refractivity contribution in [2.75, 3.05) is 0 Å². The predicted molar refractivity (Wildman–Crippen MR) is 44.8 cm³/mol. The highest BCUT2D eigenvalue weighted by molar-refractivity contribution is 6.05. The van der Waals surface area contributed by atoms with Crippen molar-refractivity contribution >= 4 is 5.78 Å². The molecule has 0 fully saturated rings.